The summed E-state index contributed by atoms with van der Waals surface area (Å²) in [6.45, 7) is 2.09. The van der Waals surface area contributed by atoms with Crippen molar-refractivity contribution in [2.45, 2.75) is 25.7 Å². The van der Waals surface area contributed by atoms with E-state index in [4.69, 9.17) is 10.5 Å². The van der Waals surface area contributed by atoms with Crippen LogP contribution in [0.3, 0.4) is 0 Å². The minimum atomic E-state index is -2.44. The average Bonchev–Trinajstić information content (AvgIpc) is 3.06. The number of alkyl halides is 2. The molecule has 2 rings (SSSR count). The van der Waals surface area contributed by atoms with Gasteiger partial charge in [0.25, 0.3) is 6.43 Å². The molecule has 2 unspecified atom stereocenters. The molecule has 17 heavy (non-hydrogen) atoms. The molecule has 0 bridgehead atoms. The summed E-state index contributed by atoms with van der Waals surface area (Å²) in [6.07, 6.45) is -1.40. The van der Waals surface area contributed by atoms with Crippen molar-refractivity contribution in [3.63, 3.8) is 0 Å². The lowest BCUT2D eigenvalue weighted by Crippen LogP contribution is -2.09. The van der Waals surface area contributed by atoms with Gasteiger partial charge in [-0.05, 0) is 43.4 Å². The molecule has 4 heteroatoms. The van der Waals surface area contributed by atoms with Crippen molar-refractivity contribution in [1.29, 1.82) is 0 Å². The number of benzene rings is 1. The summed E-state index contributed by atoms with van der Waals surface area (Å²) in [5.41, 5.74) is 7.76. The summed E-state index contributed by atoms with van der Waals surface area (Å²) in [7, 11) is 0. The molecule has 1 aromatic rings. The van der Waals surface area contributed by atoms with Crippen LogP contribution in [0, 0.1) is 12.8 Å². The number of hydrogen-bond donors (Lipinski definition) is 1. The Morgan fingerprint density at radius 3 is 2.82 bits per heavy atom. The molecule has 2 N–H and O–H groups in total. The van der Waals surface area contributed by atoms with Crippen molar-refractivity contribution in [1.82, 2.24) is 0 Å². The standard InChI is InChI=1S/C13H17F2NO/c1-8-2-3-12(17-7-13(14)15)11(4-8)10-5-9(10)6-16/h2-4,9-10,13H,5-7,16H2,1H3. The van der Waals surface area contributed by atoms with Gasteiger partial charge in [-0.3, -0.25) is 0 Å². The van der Waals surface area contributed by atoms with E-state index in [9.17, 15) is 8.78 Å². The predicted molar refractivity (Wildman–Crippen MR) is 62.6 cm³/mol. The van der Waals surface area contributed by atoms with E-state index in [-0.39, 0.29) is 0 Å². The highest BCUT2D eigenvalue weighted by atomic mass is 19.3. The van der Waals surface area contributed by atoms with Crippen LogP contribution in [0.1, 0.15) is 23.5 Å². The Morgan fingerprint density at radius 1 is 1.47 bits per heavy atom. The summed E-state index contributed by atoms with van der Waals surface area (Å²) < 4.78 is 29.4. The third-order valence-corrected chi connectivity index (χ3v) is 3.15. The first-order valence-corrected chi connectivity index (χ1v) is 5.83. The van der Waals surface area contributed by atoms with Crippen molar-refractivity contribution < 1.29 is 13.5 Å². The molecule has 94 valence electrons. The van der Waals surface area contributed by atoms with Gasteiger partial charge in [-0.1, -0.05) is 17.7 Å². The summed E-state index contributed by atoms with van der Waals surface area (Å²) >= 11 is 0. The number of halogens is 2. The Kier molecular flexibility index (Phi) is 3.62. The van der Waals surface area contributed by atoms with Gasteiger partial charge in [0.05, 0.1) is 0 Å². The normalized spacial score (nSPS) is 22.9. The molecule has 0 radical (unpaired) electrons. The quantitative estimate of drug-likeness (QED) is 0.860. The lowest BCUT2D eigenvalue weighted by atomic mass is 10.0. The van der Waals surface area contributed by atoms with Gasteiger partial charge in [-0.15, -0.1) is 0 Å². The van der Waals surface area contributed by atoms with Crippen molar-refractivity contribution >= 4 is 0 Å². The highest BCUT2D eigenvalue weighted by Gasteiger charge is 2.38. The molecule has 1 aliphatic rings. The lowest BCUT2D eigenvalue weighted by molar-refractivity contribution is 0.0814. The smallest absolute Gasteiger partial charge is 0.272 e. The molecule has 0 amide bonds. The Balaban J connectivity index is 2.14. The van der Waals surface area contributed by atoms with Crippen LogP contribution in [0.2, 0.25) is 0 Å². The molecule has 2 nitrogen and oxygen atoms in total. The Hall–Kier alpha value is -1.16. The van der Waals surface area contributed by atoms with Gasteiger partial charge in [0.1, 0.15) is 12.4 Å². The van der Waals surface area contributed by atoms with Crippen LogP contribution in [0.25, 0.3) is 0 Å². The average molecular weight is 241 g/mol. The van der Waals surface area contributed by atoms with Gasteiger partial charge in [0.2, 0.25) is 0 Å². The number of aryl methyl sites for hydroxylation is 1. The van der Waals surface area contributed by atoms with Crippen molar-refractivity contribution in [3.05, 3.63) is 29.3 Å². The van der Waals surface area contributed by atoms with Crippen molar-refractivity contribution in [2.75, 3.05) is 13.2 Å². The summed E-state index contributed by atoms with van der Waals surface area (Å²) in [5, 5.41) is 0. The van der Waals surface area contributed by atoms with Crippen LogP contribution >= 0.6 is 0 Å². The molecular formula is C13H17F2NO. The minimum absolute atomic E-state index is 0.382. The topological polar surface area (TPSA) is 35.2 Å². The highest BCUT2D eigenvalue weighted by molar-refractivity contribution is 5.42. The highest BCUT2D eigenvalue weighted by Crippen LogP contribution is 2.49. The summed E-state index contributed by atoms with van der Waals surface area (Å²) in [5.74, 6) is 1.44. The molecule has 1 aliphatic carbocycles. The number of ether oxygens (including phenoxy) is 1. The fourth-order valence-corrected chi connectivity index (χ4v) is 2.13. The van der Waals surface area contributed by atoms with Gasteiger partial charge >= 0.3 is 0 Å². The zero-order valence-electron chi connectivity index (χ0n) is 9.83. The van der Waals surface area contributed by atoms with E-state index >= 15 is 0 Å². The van der Waals surface area contributed by atoms with Gasteiger partial charge in [-0.2, -0.15) is 0 Å². The van der Waals surface area contributed by atoms with Crippen LogP contribution in [0.4, 0.5) is 8.78 Å². The molecule has 1 aromatic carbocycles. The maximum atomic E-state index is 12.1. The second-order valence-electron chi connectivity index (χ2n) is 4.58. The zero-order chi connectivity index (χ0) is 12.4. The van der Waals surface area contributed by atoms with Crippen LogP contribution in [-0.2, 0) is 0 Å². The van der Waals surface area contributed by atoms with Crippen molar-refractivity contribution in [2.24, 2.45) is 11.7 Å². The molecule has 0 aliphatic heterocycles. The zero-order valence-corrected chi connectivity index (χ0v) is 9.83. The lowest BCUT2D eigenvalue weighted by Gasteiger charge is -2.12. The first-order valence-electron chi connectivity index (χ1n) is 5.83. The Labute approximate surface area is 99.8 Å². The van der Waals surface area contributed by atoms with Crippen LogP contribution < -0.4 is 10.5 Å². The van der Waals surface area contributed by atoms with Gasteiger partial charge in [0.15, 0.2) is 0 Å². The molecule has 1 fully saturated rings. The number of rotatable bonds is 5. The monoisotopic (exact) mass is 241 g/mol. The molecule has 0 saturated heterocycles. The first kappa shape index (κ1) is 12.3. The van der Waals surface area contributed by atoms with E-state index < -0.39 is 13.0 Å². The van der Waals surface area contributed by atoms with Gasteiger partial charge in [0, 0.05) is 0 Å². The molecule has 0 aromatic heterocycles. The summed E-state index contributed by atoms with van der Waals surface area (Å²) in [6, 6.07) is 5.67. The van der Waals surface area contributed by atoms with E-state index in [0.717, 1.165) is 17.5 Å². The van der Waals surface area contributed by atoms with Gasteiger partial charge < -0.3 is 10.5 Å². The third kappa shape index (κ3) is 2.94. The minimum Gasteiger partial charge on any atom is -0.487 e. The first-order chi connectivity index (χ1) is 8.11. The Bertz CT molecular complexity index is 395. The SMILES string of the molecule is Cc1ccc(OCC(F)F)c(C2CC2CN)c1. The molecular weight excluding hydrogens is 224 g/mol. The predicted octanol–water partition coefficient (Wildman–Crippen LogP) is 2.70. The largest absolute Gasteiger partial charge is 0.487 e. The molecule has 2 atom stereocenters. The van der Waals surface area contributed by atoms with E-state index in [1.807, 2.05) is 19.1 Å². The van der Waals surface area contributed by atoms with E-state index in [2.05, 4.69) is 0 Å². The molecule has 1 saturated carbocycles. The third-order valence-electron chi connectivity index (χ3n) is 3.15. The van der Waals surface area contributed by atoms with Gasteiger partial charge in [-0.25, -0.2) is 8.78 Å². The van der Waals surface area contributed by atoms with E-state index in [0.29, 0.717) is 24.1 Å². The second-order valence-corrected chi connectivity index (χ2v) is 4.58. The fraction of sp³-hybridized carbons (Fsp3) is 0.538. The van der Waals surface area contributed by atoms with Crippen LogP contribution in [0.15, 0.2) is 18.2 Å². The second kappa shape index (κ2) is 5.00. The molecule has 0 spiro atoms. The van der Waals surface area contributed by atoms with Crippen LogP contribution in [0.5, 0.6) is 5.75 Å². The summed E-state index contributed by atoms with van der Waals surface area (Å²) in [4.78, 5) is 0. The van der Waals surface area contributed by atoms with Crippen molar-refractivity contribution in [3.8, 4) is 5.75 Å². The van der Waals surface area contributed by atoms with E-state index in [1.54, 1.807) is 6.07 Å². The Morgan fingerprint density at radius 2 is 2.24 bits per heavy atom. The number of hydrogen-bond acceptors (Lipinski definition) is 2. The maximum absolute atomic E-state index is 12.1. The maximum Gasteiger partial charge on any atom is 0.272 e. The van der Waals surface area contributed by atoms with E-state index in [1.165, 1.54) is 0 Å². The fourth-order valence-electron chi connectivity index (χ4n) is 2.13. The molecule has 0 heterocycles. The number of nitrogens with two attached hydrogens (primary N) is 1. The van der Waals surface area contributed by atoms with Crippen LogP contribution in [-0.4, -0.2) is 19.6 Å².